The van der Waals surface area contributed by atoms with Crippen LogP contribution in [0.5, 0.6) is 11.5 Å². The minimum atomic E-state index is -0.599. The number of carbonyl (C=O) groups excluding carboxylic acids is 1. The highest BCUT2D eigenvalue weighted by atomic mass is 79.9. The van der Waals surface area contributed by atoms with Crippen LogP contribution in [0, 0.1) is 17.0 Å². The first kappa shape index (κ1) is 18.8. The third-order valence-corrected chi connectivity index (χ3v) is 3.59. The molecule has 2 aromatic rings. The molecule has 1 N–H and O–H groups in total. The molecule has 1 heterocycles. The van der Waals surface area contributed by atoms with Crippen LogP contribution in [-0.4, -0.2) is 24.0 Å². The second-order valence-electron chi connectivity index (χ2n) is 4.96. The smallest absolute Gasteiger partial charge is 0.296 e. The lowest BCUT2D eigenvalue weighted by Gasteiger charge is -2.13. The minimum absolute atomic E-state index is 0.00572. The molecular formula is C16H17BrN2O6. The number of rotatable bonds is 7. The quantitative estimate of drug-likeness (QED) is 0.536. The molecule has 134 valence electrons. The molecule has 0 unspecified atom stereocenters. The Hall–Kier alpha value is -2.55. The van der Waals surface area contributed by atoms with Gasteiger partial charge in [0, 0.05) is 11.6 Å². The summed E-state index contributed by atoms with van der Waals surface area (Å²) in [4.78, 5) is 23.1. The van der Waals surface area contributed by atoms with E-state index in [0.29, 0.717) is 29.2 Å². The summed E-state index contributed by atoms with van der Waals surface area (Å²) in [6.07, 6.45) is 0. The number of anilines is 1. The average Bonchev–Trinajstić information content (AvgIpc) is 2.88. The zero-order chi connectivity index (χ0) is 18.6. The van der Waals surface area contributed by atoms with E-state index in [4.69, 9.17) is 13.9 Å². The Morgan fingerprint density at radius 1 is 1.24 bits per heavy atom. The maximum atomic E-state index is 12.4. The van der Waals surface area contributed by atoms with Crippen LogP contribution in [0.1, 0.15) is 30.0 Å². The zero-order valence-electron chi connectivity index (χ0n) is 13.9. The minimum Gasteiger partial charge on any atom is -0.490 e. The molecule has 0 saturated carbocycles. The van der Waals surface area contributed by atoms with Gasteiger partial charge in [-0.25, -0.2) is 0 Å². The molecule has 0 radical (unpaired) electrons. The Bertz CT molecular complexity index is 802. The van der Waals surface area contributed by atoms with Crippen LogP contribution >= 0.6 is 15.9 Å². The summed E-state index contributed by atoms with van der Waals surface area (Å²) >= 11 is 3.14. The van der Waals surface area contributed by atoms with E-state index in [1.54, 1.807) is 26.8 Å². The molecule has 8 nitrogen and oxygen atoms in total. The van der Waals surface area contributed by atoms with Gasteiger partial charge in [-0.3, -0.25) is 14.9 Å². The standard InChI is InChI=1S/C16H17BrN2O6/c1-4-23-12-7-10(11(19(21)22)8-13(12)24-5-2)18-16(20)15-9(3)6-14(17)25-15/h6-8H,4-5H2,1-3H3,(H,18,20). The number of benzene rings is 1. The maximum absolute atomic E-state index is 12.4. The van der Waals surface area contributed by atoms with Gasteiger partial charge < -0.3 is 19.2 Å². The van der Waals surface area contributed by atoms with Gasteiger partial charge in [0.15, 0.2) is 21.9 Å². The van der Waals surface area contributed by atoms with E-state index in [2.05, 4.69) is 21.2 Å². The number of ether oxygens (including phenoxy) is 2. The second-order valence-corrected chi connectivity index (χ2v) is 5.74. The number of hydrogen-bond acceptors (Lipinski definition) is 6. The topological polar surface area (TPSA) is 104 Å². The second kappa shape index (κ2) is 8.02. The summed E-state index contributed by atoms with van der Waals surface area (Å²) in [5.74, 6) is 0.0134. The summed E-state index contributed by atoms with van der Waals surface area (Å²) in [6, 6.07) is 4.24. The van der Waals surface area contributed by atoms with Crippen molar-refractivity contribution in [3.8, 4) is 11.5 Å². The van der Waals surface area contributed by atoms with Crippen molar-refractivity contribution < 1.29 is 23.6 Å². The number of nitrogens with zero attached hydrogens (tertiary/aromatic N) is 1. The summed E-state index contributed by atoms with van der Waals surface area (Å²) in [6.45, 7) is 5.90. The van der Waals surface area contributed by atoms with Gasteiger partial charge in [-0.2, -0.15) is 0 Å². The highest BCUT2D eigenvalue weighted by Crippen LogP contribution is 2.38. The number of halogens is 1. The largest absolute Gasteiger partial charge is 0.490 e. The third-order valence-electron chi connectivity index (χ3n) is 3.20. The van der Waals surface area contributed by atoms with E-state index >= 15 is 0 Å². The zero-order valence-corrected chi connectivity index (χ0v) is 15.5. The Kier molecular flexibility index (Phi) is 6.02. The molecule has 0 aliphatic heterocycles. The number of nitro groups is 1. The van der Waals surface area contributed by atoms with Gasteiger partial charge in [-0.05, 0) is 42.8 Å². The van der Waals surface area contributed by atoms with Crippen molar-refractivity contribution in [3.63, 3.8) is 0 Å². The van der Waals surface area contributed by atoms with Gasteiger partial charge in [-0.15, -0.1) is 0 Å². The van der Waals surface area contributed by atoms with Crippen molar-refractivity contribution in [3.05, 3.63) is 44.3 Å². The third kappa shape index (κ3) is 4.30. The van der Waals surface area contributed by atoms with Crippen molar-refractivity contribution in [2.45, 2.75) is 20.8 Å². The predicted molar refractivity (Wildman–Crippen MR) is 94.5 cm³/mol. The van der Waals surface area contributed by atoms with Crippen LogP contribution in [0.25, 0.3) is 0 Å². The molecule has 0 spiro atoms. The van der Waals surface area contributed by atoms with Gasteiger partial charge in [0.05, 0.1) is 24.2 Å². The van der Waals surface area contributed by atoms with Gasteiger partial charge >= 0.3 is 0 Å². The Labute approximate surface area is 152 Å². The molecule has 0 aliphatic carbocycles. The van der Waals surface area contributed by atoms with Crippen LogP contribution in [0.2, 0.25) is 0 Å². The molecule has 1 aromatic carbocycles. The maximum Gasteiger partial charge on any atom is 0.296 e. The molecule has 1 amide bonds. The number of carbonyl (C=O) groups is 1. The van der Waals surface area contributed by atoms with Gasteiger partial charge in [-0.1, -0.05) is 0 Å². The molecule has 9 heteroatoms. The molecular weight excluding hydrogens is 396 g/mol. The fraction of sp³-hybridized carbons (Fsp3) is 0.312. The van der Waals surface area contributed by atoms with E-state index in [1.165, 1.54) is 12.1 Å². The number of amides is 1. The molecule has 1 aromatic heterocycles. The molecule has 0 bridgehead atoms. The van der Waals surface area contributed by atoms with Gasteiger partial charge in [0.1, 0.15) is 5.69 Å². The monoisotopic (exact) mass is 412 g/mol. The Balaban J connectivity index is 2.44. The summed E-state index contributed by atoms with van der Waals surface area (Å²) < 4.78 is 16.5. The fourth-order valence-corrected chi connectivity index (χ4v) is 2.69. The lowest BCUT2D eigenvalue weighted by molar-refractivity contribution is -0.384. The van der Waals surface area contributed by atoms with Crippen molar-refractivity contribution in [2.24, 2.45) is 0 Å². The SMILES string of the molecule is CCOc1cc(NC(=O)c2oc(Br)cc2C)c([N+](=O)[O-])cc1OCC. The van der Waals surface area contributed by atoms with Crippen molar-refractivity contribution in [1.82, 2.24) is 0 Å². The fourth-order valence-electron chi connectivity index (χ4n) is 2.18. The number of hydrogen-bond donors (Lipinski definition) is 1. The van der Waals surface area contributed by atoms with E-state index in [0.717, 1.165) is 0 Å². The first-order valence-electron chi connectivity index (χ1n) is 7.52. The average molecular weight is 413 g/mol. The van der Waals surface area contributed by atoms with Crippen LogP contribution in [0.15, 0.2) is 27.3 Å². The molecule has 0 saturated heterocycles. The lowest BCUT2D eigenvalue weighted by Crippen LogP contribution is -2.14. The number of nitro benzene ring substituents is 1. The van der Waals surface area contributed by atoms with Gasteiger partial charge in [0.25, 0.3) is 11.6 Å². The van der Waals surface area contributed by atoms with E-state index in [-0.39, 0.29) is 22.9 Å². The predicted octanol–water partition coefficient (Wildman–Crippen LogP) is 4.31. The van der Waals surface area contributed by atoms with Crippen LogP contribution in [0.3, 0.4) is 0 Å². The summed E-state index contributed by atoms with van der Waals surface area (Å²) in [5, 5.41) is 13.9. The molecule has 0 atom stereocenters. The first-order chi connectivity index (χ1) is 11.9. The molecule has 0 fully saturated rings. The number of nitrogens with one attached hydrogen (secondary N) is 1. The molecule has 25 heavy (non-hydrogen) atoms. The Morgan fingerprint density at radius 2 is 1.84 bits per heavy atom. The van der Waals surface area contributed by atoms with E-state index in [1.807, 2.05) is 0 Å². The van der Waals surface area contributed by atoms with Crippen molar-refractivity contribution >= 4 is 33.2 Å². The highest BCUT2D eigenvalue weighted by molar-refractivity contribution is 9.10. The number of furan rings is 1. The van der Waals surface area contributed by atoms with Crippen molar-refractivity contribution in [1.29, 1.82) is 0 Å². The van der Waals surface area contributed by atoms with Crippen LogP contribution in [0.4, 0.5) is 11.4 Å². The molecule has 0 aliphatic rings. The number of aryl methyl sites for hydroxylation is 1. The lowest BCUT2D eigenvalue weighted by atomic mass is 10.2. The van der Waals surface area contributed by atoms with E-state index < -0.39 is 10.8 Å². The van der Waals surface area contributed by atoms with Gasteiger partial charge in [0.2, 0.25) is 0 Å². The highest BCUT2D eigenvalue weighted by Gasteiger charge is 2.24. The molecule has 2 rings (SSSR count). The van der Waals surface area contributed by atoms with Crippen LogP contribution in [-0.2, 0) is 0 Å². The Morgan fingerprint density at radius 3 is 2.32 bits per heavy atom. The van der Waals surface area contributed by atoms with Crippen molar-refractivity contribution in [2.75, 3.05) is 18.5 Å². The van der Waals surface area contributed by atoms with E-state index in [9.17, 15) is 14.9 Å². The normalized spacial score (nSPS) is 10.4. The first-order valence-corrected chi connectivity index (χ1v) is 8.31. The summed E-state index contributed by atoms with van der Waals surface area (Å²) in [7, 11) is 0. The summed E-state index contributed by atoms with van der Waals surface area (Å²) in [5.41, 5.74) is 0.292. The van der Waals surface area contributed by atoms with Crippen LogP contribution < -0.4 is 14.8 Å².